The van der Waals surface area contributed by atoms with E-state index in [0.717, 1.165) is 44.1 Å². The Balaban J connectivity index is 1.61. The Morgan fingerprint density at radius 1 is 1.05 bits per heavy atom. The highest BCUT2D eigenvalue weighted by Gasteiger charge is 2.22. The first-order valence-corrected chi connectivity index (χ1v) is 7.39. The van der Waals surface area contributed by atoms with Crippen LogP contribution in [0.1, 0.15) is 18.4 Å². The van der Waals surface area contributed by atoms with Crippen molar-refractivity contribution in [2.75, 3.05) is 29.5 Å². The molecule has 5 nitrogen and oxygen atoms in total. The fourth-order valence-electron chi connectivity index (χ4n) is 2.95. The zero-order chi connectivity index (χ0) is 14.7. The number of aromatic nitrogens is 2. The summed E-state index contributed by atoms with van der Waals surface area (Å²) in [5.74, 6) is 1.87. The maximum atomic E-state index is 5.98. The summed E-state index contributed by atoms with van der Waals surface area (Å²) in [6, 6.07) is 10.7. The molecule has 0 aliphatic carbocycles. The van der Waals surface area contributed by atoms with Gasteiger partial charge >= 0.3 is 0 Å². The van der Waals surface area contributed by atoms with E-state index in [4.69, 9.17) is 11.5 Å². The summed E-state index contributed by atoms with van der Waals surface area (Å²) in [7, 11) is 0. The van der Waals surface area contributed by atoms with E-state index in [1.807, 2.05) is 0 Å². The predicted octanol–water partition coefficient (Wildman–Crippen LogP) is 2.10. The smallest absolute Gasteiger partial charge is 0.157 e. The molecule has 21 heavy (non-hydrogen) atoms. The highest BCUT2D eigenvalue weighted by atomic mass is 15.2. The van der Waals surface area contributed by atoms with Crippen molar-refractivity contribution in [3.05, 3.63) is 42.2 Å². The molecule has 1 aromatic carbocycles. The van der Waals surface area contributed by atoms with Gasteiger partial charge < -0.3 is 16.4 Å². The molecule has 2 heterocycles. The van der Waals surface area contributed by atoms with Gasteiger partial charge in [-0.05, 0) is 30.7 Å². The number of rotatable bonds is 3. The second kappa shape index (κ2) is 5.99. The summed E-state index contributed by atoms with van der Waals surface area (Å²) in [4.78, 5) is 10.4. The second-order valence-corrected chi connectivity index (χ2v) is 5.62. The first kappa shape index (κ1) is 13.7. The van der Waals surface area contributed by atoms with E-state index in [2.05, 4.69) is 45.2 Å². The van der Waals surface area contributed by atoms with E-state index in [9.17, 15) is 0 Å². The maximum absolute atomic E-state index is 5.98. The van der Waals surface area contributed by atoms with Crippen LogP contribution in [0.15, 0.2) is 36.7 Å². The predicted molar refractivity (Wildman–Crippen MR) is 85.9 cm³/mol. The summed E-state index contributed by atoms with van der Waals surface area (Å²) >= 11 is 0. The quantitative estimate of drug-likeness (QED) is 0.901. The normalized spacial score (nSPS) is 16.1. The largest absolute Gasteiger partial charge is 0.393 e. The van der Waals surface area contributed by atoms with E-state index in [1.165, 1.54) is 11.9 Å². The van der Waals surface area contributed by atoms with Crippen LogP contribution in [0.2, 0.25) is 0 Å². The molecule has 3 rings (SSSR count). The van der Waals surface area contributed by atoms with Crippen LogP contribution in [0.5, 0.6) is 0 Å². The average Bonchev–Trinajstić information content (AvgIpc) is 2.52. The number of nitrogens with zero attached hydrogens (tertiary/aromatic N) is 3. The van der Waals surface area contributed by atoms with Crippen LogP contribution >= 0.6 is 0 Å². The van der Waals surface area contributed by atoms with E-state index < -0.39 is 0 Å². The van der Waals surface area contributed by atoms with Crippen molar-refractivity contribution in [3.63, 3.8) is 0 Å². The second-order valence-electron chi connectivity index (χ2n) is 5.62. The summed E-state index contributed by atoms with van der Waals surface area (Å²) in [6.45, 7) is 1.94. The Morgan fingerprint density at radius 2 is 1.76 bits per heavy atom. The fourth-order valence-corrected chi connectivity index (χ4v) is 2.95. The monoisotopic (exact) mass is 283 g/mol. The van der Waals surface area contributed by atoms with Crippen LogP contribution in [0.25, 0.3) is 0 Å². The first-order valence-electron chi connectivity index (χ1n) is 7.39. The number of nitrogen functional groups attached to an aromatic ring is 2. The standard InChI is InChI=1S/C16H21N5/c17-14-15(18)19-11-20-16(14)21-8-6-13(7-9-21)10-12-4-2-1-3-5-12/h1-5,11,13H,6-10,17H2,(H2,18,19,20). The van der Waals surface area contributed by atoms with Gasteiger partial charge in [0.1, 0.15) is 12.0 Å². The van der Waals surface area contributed by atoms with Crippen molar-refractivity contribution in [1.29, 1.82) is 0 Å². The van der Waals surface area contributed by atoms with Gasteiger partial charge in [0, 0.05) is 13.1 Å². The van der Waals surface area contributed by atoms with Gasteiger partial charge in [-0.3, -0.25) is 0 Å². The van der Waals surface area contributed by atoms with E-state index >= 15 is 0 Å². The Labute approximate surface area is 125 Å². The molecule has 1 aliphatic heterocycles. The van der Waals surface area contributed by atoms with Gasteiger partial charge in [-0.2, -0.15) is 0 Å². The molecule has 110 valence electrons. The van der Waals surface area contributed by atoms with Gasteiger partial charge in [0.05, 0.1) is 0 Å². The molecule has 1 saturated heterocycles. The molecule has 0 spiro atoms. The van der Waals surface area contributed by atoms with Gasteiger partial charge in [0.25, 0.3) is 0 Å². The van der Waals surface area contributed by atoms with Crippen LogP contribution in [0.3, 0.4) is 0 Å². The van der Waals surface area contributed by atoms with Crippen LogP contribution in [-0.2, 0) is 6.42 Å². The average molecular weight is 283 g/mol. The van der Waals surface area contributed by atoms with Crippen molar-refractivity contribution >= 4 is 17.3 Å². The number of nitrogens with two attached hydrogens (primary N) is 2. The Bertz CT molecular complexity index is 591. The molecule has 0 atom stereocenters. The summed E-state index contributed by atoms with van der Waals surface area (Å²) in [6.07, 6.45) is 4.93. The van der Waals surface area contributed by atoms with Gasteiger partial charge in [0.15, 0.2) is 11.6 Å². The lowest BCUT2D eigenvalue weighted by atomic mass is 9.90. The molecule has 4 N–H and O–H groups in total. The van der Waals surface area contributed by atoms with Crippen LogP contribution in [0.4, 0.5) is 17.3 Å². The molecule has 5 heteroatoms. The molecule has 1 fully saturated rings. The third-order valence-electron chi connectivity index (χ3n) is 4.17. The summed E-state index contributed by atoms with van der Waals surface area (Å²) in [5.41, 5.74) is 13.7. The minimum atomic E-state index is 0.367. The Hall–Kier alpha value is -2.30. The van der Waals surface area contributed by atoms with E-state index in [1.54, 1.807) is 0 Å². The van der Waals surface area contributed by atoms with Gasteiger partial charge in [-0.25, -0.2) is 9.97 Å². The Kier molecular flexibility index (Phi) is 3.90. The van der Waals surface area contributed by atoms with Crippen molar-refractivity contribution in [3.8, 4) is 0 Å². The highest BCUT2D eigenvalue weighted by Crippen LogP contribution is 2.29. The van der Waals surface area contributed by atoms with E-state index in [-0.39, 0.29) is 0 Å². The summed E-state index contributed by atoms with van der Waals surface area (Å²) < 4.78 is 0. The summed E-state index contributed by atoms with van der Waals surface area (Å²) in [5, 5.41) is 0. The third kappa shape index (κ3) is 3.07. The van der Waals surface area contributed by atoms with Gasteiger partial charge in [-0.15, -0.1) is 0 Å². The SMILES string of the molecule is Nc1ncnc(N2CCC(Cc3ccccc3)CC2)c1N. The molecule has 0 unspecified atom stereocenters. The molecule has 2 aromatic rings. The molecular weight excluding hydrogens is 262 g/mol. The molecule has 1 aliphatic rings. The molecule has 1 aromatic heterocycles. The first-order chi connectivity index (χ1) is 10.2. The lowest BCUT2D eigenvalue weighted by Crippen LogP contribution is -2.35. The van der Waals surface area contributed by atoms with Crippen LogP contribution in [0, 0.1) is 5.92 Å². The van der Waals surface area contributed by atoms with Crippen molar-refractivity contribution in [2.24, 2.45) is 5.92 Å². The van der Waals surface area contributed by atoms with Crippen molar-refractivity contribution < 1.29 is 0 Å². The minimum absolute atomic E-state index is 0.367. The molecule has 0 amide bonds. The minimum Gasteiger partial charge on any atom is -0.393 e. The number of anilines is 3. The number of benzene rings is 1. The van der Waals surface area contributed by atoms with E-state index in [0.29, 0.717) is 11.5 Å². The zero-order valence-corrected chi connectivity index (χ0v) is 12.1. The number of hydrogen-bond donors (Lipinski definition) is 2. The van der Waals surface area contributed by atoms with Gasteiger partial charge in [-0.1, -0.05) is 30.3 Å². The third-order valence-corrected chi connectivity index (χ3v) is 4.17. The maximum Gasteiger partial charge on any atom is 0.157 e. The van der Waals surface area contributed by atoms with Crippen molar-refractivity contribution in [2.45, 2.75) is 19.3 Å². The topological polar surface area (TPSA) is 81.1 Å². The van der Waals surface area contributed by atoms with Gasteiger partial charge in [0.2, 0.25) is 0 Å². The molecule has 0 saturated carbocycles. The fraction of sp³-hybridized carbons (Fsp3) is 0.375. The number of piperidine rings is 1. The Morgan fingerprint density at radius 3 is 2.48 bits per heavy atom. The molecular formula is C16H21N5. The lowest BCUT2D eigenvalue weighted by molar-refractivity contribution is 0.402. The molecule has 0 radical (unpaired) electrons. The number of hydrogen-bond acceptors (Lipinski definition) is 5. The lowest BCUT2D eigenvalue weighted by Gasteiger charge is -2.33. The molecule has 0 bridgehead atoms. The van der Waals surface area contributed by atoms with Crippen LogP contribution < -0.4 is 16.4 Å². The van der Waals surface area contributed by atoms with Crippen LogP contribution in [-0.4, -0.2) is 23.1 Å². The highest BCUT2D eigenvalue weighted by molar-refractivity contribution is 5.73. The van der Waals surface area contributed by atoms with Crippen molar-refractivity contribution in [1.82, 2.24) is 9.97 Å². The zero-order valence-electron chi connectivity index (χ0n) is 12.1.